The molecule has 0 atom stereocenters. The van der Waals surface area contributed by atoms with E-state index in [2.05, 4.69) is 16.2 Å². The molecule has 0 aromatic heterocycles. The van der Waals surface area contributed by atoms with Gasteiger partial charge in [-0.25, -0.2) is 0 Å². The molecular formula is C17H15Cl2N3O3. The number of amides is 3. The Morgan fingerprint density at radius 2 is 1.60 bits per heavy atom. The van der Waals surface area contributed by atoms with Crippen LogP contribution >= 0.6 is 23.2 Å². The maximum Gasteiger partial charge on any atom is 0.271 e. The van der Waals surface area contributed by atoms with Crippen molar-refractivity contribution in [3.05, 3.63) is 69.7 Å². The van der Waals surface area contributed by atoms with Gasteiger partial charge in [0.2, 0.25) is 5.91 Å². The monoisotopic (exact) mass is 379 g/mol. The zero-order chi connectivity index (χ0) is 18.2. The molecule has 0 unspecified atom stereocenters. The largest absolute Gasteiger partial charge is 0.347 e. The average molecular weight is 380 g/mol. The van der Waals surface area contributed by atoms with Crippen LogP contribution in [-0.4, -0.2) is 24.3 Å². The average Bonchev–Trinajstić information content (AvgIpc) is 2.60. The van der Waals surface area contributed by atoms with Gasteiger partial charge in [0, 0.05) is 5.02 Å². The smallest absolute Gasteiger partial charge is 0.271 e. The zero-order valence-corrected chi connectivity index (χ0v) is 14.5. The number of hydrogen-bond donors (Lipinski definition) is 3. The van der Waals surface area contributed by atoms with Crippen molar-refractivity contribution in [2.24, 2.45) is 0 Å². The maximum atomic E-state index is 11.9. The summed E-state index contributed by atoms with van der Waals surface area (Å²) in [5.74, 6) is -1.49. The lowest BCUT2D eigenvalue weighted by molar-refractivity contribution is -0.126. The van der Waals surface area contributed by atoms with Crippen molar-refractivity contribution < 1.29 is 14.4 Å². The lowest BCUT2D eigenvalue weighted by Gasteiger charge is -2.09. The Hall–Kier alpha value is -2.57. The Morgan fingerprint density at radius 1 is 0.880 bits per heavy atom. The third-order valence-electron chi connectivity index (χ3n) is 3.14. The van der Waals surface area contributed by atoms with E-state index in [1.807, 2.05) is 30.3 Å². The van der Waals surface area contributed by atoms with E-state index < -0.39 is 11.8 Å². The summed E-state index contributed by atoms with van der Waals surface area (Å²) in [6.07, 6.45) is 0.165. The summed E-state index contributed by atoms with van der Waals surface area (Å²) >= 11 is 11.7. The highest BCUT2D eigenvalue weighted by molar-refractivity contribution is 6.35. The number of carbonyl (C=O) groups excluding carboxylic acids is 3. The highest BCUT2D eigenvalue weighted by Gasteiger charge is 2.12. The Kier molecular flexibility index (Phi) is 6.80. The molecule has 0 aliphatic carbocycles. The van der Waals surface area contributed by atoms with Crippen LogP contribution in [0, 0.1) is 0 Å². The molecule has 8 heteroatoms. The molecule has 0 fully saturated rings. The highest BCUT2D eigenvalue weighted by Crippen LogP contribution is 2.20. The molecule has 2 aromatic rings. The van der Waals surface area contributed by atoms with Crippen LogP contribution in [0.3, 0.4) is 0 Å². The molecule has 0 radical (unpaired) electrons. The molecule has 25 heavy (non-hydrogen) atoms. The first-order valence-corrected chi connectivity index (χ1v) is 8.06. The molecule has 130 valence electrons. The van der Waals surface area contributed by atoms with E-state index in [-0.39, 0.29) is 29.5 Å². The molecule has 2 rings (SSSR count). The van der Waals surface area contributed by atoms with E-state index in [0.29, 0.717) is 5.02 Å². The molecule has 0 aliphatic heterocycles. The first kappa shape index (κ1) is 18.8. The van der Waals surface area contributed by atoms with E-state index in [0.717, 1.165) is 5.56 Å². The second kappa shape index (κ2) is 9.05. The number of benzene rings is 2. The fourth-order valence-electron chi connectivity index (χ4n) is 1.93. The summed E-state index contributed by atoms with van der Waals surface area (Å²) in [6, 6.07) is 13.5. The predicted molar refractivity (Wildman–Crippen MR) is 95.2 cm³/mol. The summed E-state index contributed by atoms with van der Waals surface area (Å²) in [5.41, 5.74) is 5.36. The molecule has 0 saturated carbocycles. The second-order valence-corrected chi connectivity index (χ2v) is 5.91. The van der Waals surface area contributed by atoms with Crippen LogP contribution in [0.2, 0.25) is 10.0 Å². The molecule has 0 heterocycles. The van der Waals surface area contributed by atoms with Crippen LogP contribution in [0.25, 0.3) is 0 Å². The number of rotatable bonds is 5. The lowest BCUT2D eigenvalue weighted by Crippen LogP contribution is -2.46. The van der Waals surface area contributed by atoms with Gasteiger partial charge in [0.05, 0.1) is 23.6 Å². The first-order chi connectivity index (χ1) is 12.0. The molecule has 3 amide bonds. The Morgan fingerprint density at radius 3 is 2.32 bits per heavy atom. The zero-order valence-electron chi connectivity index (χ0n) is 13.0. The minimum absolute atomic E-state index is 0.127. The maximum absolute atomic E-state index is 11.9. The second-order valence-electron chi connectivity index (χ2n) is 5.07. The lowest BCUT2D eigenvalue weighted by atomic mass is 10.1. The van der Waals surface area contributed by atoms with Gasteiger partial charge in [0.1, 0.15) is 0 Å². The van der Waals surface area contributed by atoms with Gasteiger partial charge in [-0.05, 0) is 23.8 Å². The molecule has 0 bridgehead atoms. The summed E-state index contributed by atoms with van der Waals surface area (Å²) in [5, 5.41) is 3.01. The molecule has 0 aliphatic rings. The normalized spacial score (nSPS) is 10.0. The van der Waals surface area contributed by atoms with E-state index >= 15 is 0 Å². The topological polar surface area (TPSA) is 87.3 Å². The number of nitrogens with one attached hydrogen (secondary N) is 3. The molecular weight excluding hydrogens is 365 g/mol. The Labute approximate surface area is 154 Å². The van der Waals surface area contributed by atoms with Gasteiger partial charge >= 0.3 is 0 Å². The third-order valence-corrected chi connectivity index (χ3v) is 3.71. The quantitative estimate of drug-likeness (QED) is 0.695. The van der Waals surface area contributed by atoms with E-state index in [1.54, 1.807) is 6.07 Å². The van der Waals surface area contributed by atoms with Crippen molar-refractivity contribution in [3.8, 4) is 0 Å². The minimum Gasteiger partial charge on any atom is -0.347 e. The fourth-order valence-corrected chi connectivity index (χ4v) is 2.31. The summed E-state index contributed by atoms with van der Waals surface area (Å²) < 4.78 is 0. The molecule has 0 saturated heterocycles. The molecule has 0 spiro atoms. The Bertz CT molecular complexity index is 782. The fraction of sp³-hybridized carbons (Fsp3) is 0.118. The third kappa shape index (κ3) is 6.10. The number of hydrogen-bond acceptors (Lipinski definition) is 3. The van der Waals surface area contributed by atoms with Gasteiger partial charge in [0.15, 0.2) is 0 Å². The van der Waals surface area contributed by atoms with Crippen molar-refractivity contribution in [1.29, 1.82) is 0 Å². The van der Waals surface area contributed by atoms with Gasteiger partial charge in [-0.3, -0.25) is 25.2 Å². The van der Waals surface area contributed by atoms with Crippen molar-refractivity contribution >= 4 is 40.9 Å². The van der Waals surface area contributed by atoms with Crippen LogP contribution in [0.4, 0.5) is 0 Å². The Balaban J connectivity index is 1.76. The summed E-state index contributed by atoms with van der Waals surface area (Å²) in [7, 11) is 0. The molecule has 6 nitrogen and oxygen atoms in total. The van der Waals surface area contributed by atoms with Crippen LogP contribution in [0.1, 0.15) is 15.9 Å². The van der Waals surface area contributed by atoms with Crippen LogP contribution in [-0.2, 0) is 16.0 Å². The van der Waals surface area contributed by atoms with E-state index in [9.17, 15) is 14.4 Å². The first-order valence-electron chi connectivity index (χ1n) is 7.30. The standard InChI is InChI=1S/C17H15Cl2N3O3/c18-12-6-7-14(19)13(9-12)17(25)22-21-16(24)10-20-15(23)8-11-4-2-1-3-5-11/h1-7,9H,8,10H2,(H,20,23)(H,21,24)(H,22,25). The van der Waals surface area contributed by atoms with Gasteiger partial charge in [-0.15, -0.1) is 0 Å². The van der Waals surface area contributed by atoms with Crippen LogP contribution in [0.5, 0.6) is 0 Å². The molecule has 2 aromatic carbocycles. The summed E-state index contributed by atoms with van der Waals surface area (Å²) in [6.45, 7) is -0.269. The predicted octanol–water partition coefficient (Wildman–Crippen LogP) is 2.11. The van der Waals surface area contributed by atoms with Crippen molar-refractivity contribution in [3.63, 3.8) is 0 Å². The van der Waals surface area contributed by atoms with Crippen molar-refractivity contribution in [2.45, 2.75) is 6.42 Å². The van der Waals surface area contributed by atoms with Crippen LogP contribution < -0.4 is 16.2 Å². The molecule has 3 N–H and O–H groups in total. The minimum atomic E-state index is -0.614. The van der Waals surface area contributed by atoms with E-state index in [4.69, 9.17) is 23.2 Å². The van der Waals surface area contributed by atoms with Gasteiger partial charge in [-0.1, -0.05) is 53.5 Å². The van der Waals surface area contributed by atoms with Gasteiger partial charge in [-0.2, -0.15) is 0 Å². The highest BCUT2D eigenvalue weighted by atomic mass is 35.5. The van der Waals surface area contributed by atoms with Crippen LogP contribution in [0.15, 0.2) is 48.5 Å². The van der Waals surface area contributed by atoms with E-state index in [1.165, 1.54) is 12.1 Å². The van der Waals surface area contributed by atoms with Crippen molar-refractivity contribution in [1.82, 2.24) is 16.2 Å². The number of carbonyl (C=O) groups is 3. The number of hydrazine groups is 1. The number of halogens is 2. The SMILES string of the molecule is O=C(Cc1ccccc1)NCC(=O)NNC(=O)c1cc(Cl)ccc1Cl. The van der Waals surface area contributed by atoms with Crippen molar-refractivity contribution in [2.75, 3.05) is 6.54 Å². The summed E-state index contributed by atoms with van der Waals surface area (Å²) in [4.78, 5) is 35.4. The van der Waals surface area contributed by atoms with Gasteiger partial charge < -0.3 is 5.32 Å². The van der Waals surface area contributed by atoms with Gasteiger partial charge in [0.25, 0.3) is 11.8 Å².